The van der Waals surface area contributed by atoms with Gasteiger partial charge in [0.2, 0.25) is 0 Å². The maximum atomic E-state index is 12.7. The molecule has 0 radical (unpaired) electrons. The Morgan fingerprint density at radius 1 is 1.24 bits per heavy atom. The van der Waals surface area contributed by atoms with E-state index in [0.29, 0.717) is 37.8 Å². The third kappa shape index (κ3) is 3.82. The van der Waals surface area contributed by atoms with Gasteiger partial charge in [0.05, 0.1) is 0 Å². The molecule has 0 amide bonds. The van der Waals surface area contributed by atoms with Gasteiger partial charge in [0.1, 0.15) is 11.9 Å². The number of aryl methyl sites for hydroxylation is 3. The normalized spacial score (nSPS) is 16.9. The van der Waals surface area contributed by atoms with Gasteiger partial charge >= 0.3 is 6.01 Å². The minimum absolute atomic E-state index is 0.0793. The minimum Gasteiger partial charge on any atom is -0.460 e. The highest BCUT2D eigenvalue weighted by Gasteiger charge is 2.32. The van der Waals surface area contributed by atoms with Crippen molar-refractivity contribution in [3.63, 3.8) is 0 Å². The lowest BCUT2D eigenvalue weighted by molar-refractivity contribution is 0.124. The first-order valence-corrected chi connectivity index (χ1v) is 9.82. The molecule has 2 aromatic rings. The molecule has 0 atom stereocenters. The molecular formula is C16H23N5O3S. The molecule has 1 aliphatic rings. The van der Waals surface area contributed by atoms with Crippen LogP contribution in [-0.4, -0.2) is 51.4 Å². The second kappa shape index (κ2) is 7.09. The van der Waals surface area contributed by atoms with Gasteiger partial charge in [-0.1, -0.05) is 6.92 Å². The Morgan fingerprint density at radius 2 is 1.88 bits per heavy atom. The molecular weight excluding hydrogens is 342 g/mol. The SMILES string of the molecule is CCc1cnc(OC2CCN(S(=O)(=O)c3cn(C)c(C)n3)CC2)nc1. The summed E-state index contributed by atoms with van der Waals surface area (Å²) in [6, 6.07) is 0.346. The summed E-state index contributed by atoms with van der Waals surface area (Å²) in [6.45, 7) is 4.62. The molecule has 9 heteroatoms. The van der Waals surface area contributed by atoms with Crippen LogP contribution in [0.4, 0.5) is 0 Å². The predicted octanol–water partition coefficient (Wildman–Crippen LogP) is 1.31. The van der Waals surface area contributed by atoms with Gasteiger partial charge in [0.15, 0.2) is 5.03 Å². The summed E-state index contributed by atoms with van der Waals surface area (Å²) >= 11 is 0. The van der Waals surface area contributed by atoms with Crippen LogP contribution in [0.1, 0.15) is 31.2 Å². The number of hydrogen-bond donors (Lipinski definition) is 0. The molecule has 1 fully saturated rings. The van der Waals surface area contributed by atoms with E-state index >= 15 is 0 Å². The van der Waals surface area contributed by atoms with Gasteiger partial charge in [-0.15, -0.1) is 0 Å². The van der Waals surface area contributed by atoms with Crippen LogP contribution < -0.4 is 4.74 Å². The van der Waals surface area contributed by atoms with Gasteiger partial charge in [0.25, 0.3) is 10.0 Å². The van der Waals surface area contributed by atoms with Crippen LogP contribution in [-0.2, 0) is 23.5 Å². The van der Waals surface area contributed by atoms with Crippen LogP contribution >= 0.6 is 0 Å². The summed E-state index contributed by atoms with van der Waals surface area (Å²) in [6.07, 6.45) is 7.06. The highest BCUT2D eigenvalue weighted by molar-refractivity contribution is 7.89. The Labute approximate surface area is 147 Å². The van der Waals surface area contributed by atoms with E-state index in [0.717, 1.165) is 12.0 Å². The molecule has 3 rings (SSSR count). The fourth-order valence-corrected chi connectivity index (χ4v) is 4.20. The number of hydrogen-bond acceptors (Lipinski definition) is 6. The van der Waals surface area contributed by atoms with Crippen molar-refractivity contribution in [2.75, 3.05) is 13.1 Å². The van der Waals surface area contributed by atoms with E-state index in [9.17, 15) is 8.42 Å². The Morgan fingerprint density at radius 3 is 2.40 bits per heavy atom. The number of nitrogens with zero attached hydrogens (tertiary/aromatic N) is 5. The van der Waals surface area contributed by atoms with Crippen molar-refractivity contribution < 1.29 is 13.2 Å². The average molecular weight is 365 g/mol. The number of piperidine rings is 1. The monoisotopic (exact) mass is 365 g/mol. The first-order chi connectivity index (χ1) is 11.9. The zero-order valence-corrected chi connectivity index (χ0v) is 15.5. The standard InChI is InChI=1S/C16H23N5O3S/c1-4-13-9-17-16(18-10-13)24-14-5-7-21(8-6-14)25(22,23)15-11-20(3)12(2)19-15/h9-11,14H,4-8H2,1-3H3. The number of rotatable bonds is 5. The van der Waals surface area contributed by atoms with Crippen LogP contribution in [0.3, 0.4) is 0 Å². The van der Waals surface area contributed by atoms with Gasteiger partial charge in [-0.25, -0.2) is 23.4 Å². The van der Waals surface area contributed by atoms with Crippen molar-refractivity contribution in [3.8, 4) is 6.01 Å². The molecule has 0 saturated carbocycles. The van der Waals surface area contributed by atoms with E-state index < -0.39 is 10.0 Å². The maximum Gasteiger partial charge on any atom is 0.316 e. The van der Waals surface area contributed by atoms with Gasteiger partial charge in [-0.05, 0) is 31.7 Å². The third-order valence-electron chi connectivity index (χ3n) is 4.45. The van der Waals surface area contributed by atoms with Crippen molar-refractivity contribution in [3.05, 3.63) is 30.0 Å². The molecule has 0 N–H and O–H groups in total. The first-order valence-electron chi connectivity index (χ1n) is 8.38. The molecule has 3 heterocycles. The Bertz CT molecular complexity index is 804. The van der Waals surface area contributed by atoms with Crippen molar-refractivity contribution in [2.24, 2.45) is 7.05 Å². The summed E-state index contributed by atoms with van der Waals surface area (Å²) in [4.78, 5) is 12.5. The number of sulfonamides is 1. The molecule has 0 bridgehead atoms. The Kier molecular flexibility index (Phi) is 5.05. The lowest BCUT2D eigenvalue weighted by Gasteiger charge is -2.30. The molecule has 2 aromatic heterocycles. The van der Waals surface area contributed by atoms with E-state index in [1.54, 1.807) is 37.1 Å². The van der Waals surface area contributed by atoms with Crippen LogP contribution in [0.25, 0.3) is 0 Å². The Hall–Kier alpha value is -2.00. The maximum absolute atomic E-state index is 12.7. The molecule has 8 nitrogen and oxygen atoms in total. The van der Waals surface area contributed by atoms with E-state index in [1.165, 1.54) is 4.31 Å². The van der Waals surface area contributed by atoms with Crippen LogP contribution in [0.5, 0.6) is 6.01 Å². The van der Waals surface area contributed by atoms with Gasteiger partial charge in [-0.3, -0.25) is 0 Å². The summed E-state index contributed by atoms with van der Waals surface area (Å²) in [5.41, 5.74) is 1.05. The topological polar surface area (TPSA) is 90.2 Å². The fourth-order valence-electron chi connectivity index (χ4n) is 2.71. The quantitative estimate of drug-likeness (QED) is 0.794. The van der Waals surface area contributed by atoms with Gasteiger partial charge in [-0.2, -0.15) is 4.31 Å². The van der Waals surface area contributed by atoms with Crippen molar-refractivity contribution >= 4 is 10.0 Å². The highest BCUT2D eigenvalue weighted by atomic mass is 32.2. The van der Waals surface area contributed by atoms with Crippen LogP contribution in [0, 0.1) is 6.92 Å². The molecule has 1 aliphatic heterocycles. The van der Waals surface area contributed by atoms with E-state index in [2.05, 4.69) is 15.0 Å². The number of imidazole rings is 1. The predicted molar refractivity (Wildman–Crippen MR) is 91.8 cm³/mol. The van der Waals surface area contributed by atoms with Crippen LogP contribution in [0.2, 0.25) is 0 Å². The zero-order chi connectivity index (χ0) is 18.0. The lowest BCUT2D eigenvalue weighted by Crippen LogP contribution is -2.42. The zero-order valence-electron chi connectivity index (χ0n) is 14.7. The molecule has 136 valence electrons. The molecule has 25 heavy (non-hydrogen) atoms. The summed E-state index contributed by atoms with van der Waals surface area (Å²) in [7, 11) is -1.77. The average Bonchev–Trinajstić information content (AvgIpc) is 2.96. The second-order valence-electron chi connectivity index (χ2n) is 6.19. The molecule has 0 spiro atoms. The first kappa shape index (κ1) is 17.8. The fraction of sp³-hybridized carbons (Fsp3) is 0.562. The summed E-state index contributed by atoms with van der Waals surface area (Å²) < 4.78 is 34.3. The Balaban J connectivity index is 1.61. The summed E-state index contributed by atoms with van der Waals surface area (Å²) in [5, 5.41) is 0.102. The molecule has 0 aliphatic carbocycles. The number of ether oxygens (including phenoxy) is 1. The van der Waals surface area contributed by atoms with E-state index in [-0.39, 0.29) is 11.1 Å². The smallest absolute Gasteiger partial charge is 0.316 e. The minimum atomic E-state index is -3.55. The lowest BCUT2D eigenvalue weighted by atomic mass is 10.1. The summed E-state index contributed by atoms with van der Waals surface area (Å²) in [5.74, 6) is 0.671. The van der Waals surface area contributed by atoms with Crippen molar-refractivity contribution in [1.29, 1.82) is 0 Å². The van der Waals surface area contributed by atoms with Crippen molar-refractivity contribution in [1.82, 2.24) is 23.8 Å². The molecule has 0 unspecified atom stereocenters. The third-order valence-corrected chi connectivity index (χ3v) is 6.22. The van der Waals surface area contributed by atoms with Gasteiger partial charge < -0.3 is 9.30 Å². The molecule has 1 saturated heterocycles. The second-order valence-corrected chi connectivity index (χ2v) is 8.07. The van der Waals surface area contributed by atoms with E-state index in [4.69, 9.17) is 4.74 Å². The van der Waals surface area contributed by atoms with Crippen molar-refractivity contribution in [2.45, 2.75) is 44.2 Å². The van der Waals surface area contributed by atoms with E-state index in [1.807, 2.05) is 6.92 Å². The highest BCUT2D eigenvalue weighted by Crippen LogP contribution is 2.22. The number of aromatic nitrogens is 4. The largest absolute Gasteiger partial charge is 0.460 e. The molecule has 0 aromatic carbocycles. The van der Waals surface area contributed by atoms with Crippen LogP contribution in [0.15, 0.2) is 23.6 Å². The van der Waals surface area contributed by atoms with Gasteiger partial charge in [0, 0.05) is 38.7 Å².